The average molecular weight is 325 g/mol. The fourth-order valence-electron chi connectivity index (χ4n) is 3.55. The van der Waals surface area contributed by atoms with Crippen LogP contribution in [0.4, 0.5) is 0 Å². The predicted molar refractivity (Wildman–Crippen MR) is 90.6 cm³/mol. The molecule has 2 aromatic carbocycles. The van der Waals surface area contributed by atoms with Crippen molar-refractivity contribution in [3.8, 4) is 23.0 Å². The van der Waals surface area contributed by atoms with Crippen molar-refractivity contribution in [1.29, 1.82) is 0 Å². The molecule has 2 N–H and O–H groups in total. The number of benzene rings is 2. The molecular formula is C19H19NO4. The van der Waals surface area contributed by atoms with E-state index in [0.717, 1.165) is 29.0 Å². The summed E-state index contributed by atoms with van der Waals surface area (Å²) >= 11 is 0. The lowest BCUT2D eigenvalue weighted by Gasteiger charge is -2.37. The second-order valence-electron chi connectivity index (χ2n) is 6.10. The van der Waals surface area contributed by atoms with Crippen LogP contribution in [0.5, 0.6) is 23.0 Å². The van der Waals surface area contributed by atoms with E-state index in [1.54, 1.807) is 26.4 Å². The Labute approximate surface area is 139 Å². The molecule has 0 amide bonds. The average Bonchev–Trinajstić information content (AvgIpc) is 2.59. The van der Waals surface area contributed by atoms with Crippen LogP contribution in [0, 0.1) is 0 Å². The number of phenolic OH excluding ortho intramolecular Hbond substituents is 2. The maximum Gasteiger partial charge on any atom is 0.161 e. The molecule has 0 aliphatic carbocycles. The third kappa shape index (κ3) is 2.16. The summed E-state index contributed by atoms with van der Waals surface area (Å²) in [4.78, 5) is 2.24. The summed E-state index contributed by atoms with van der Waals surface area (Å²) in [5, 5.41) is 22.2. The molecule has 5 nitrogen and oxygen atoms in total. The summed E-state index contributed by atoms with van der Waals surface area (Å²) < 4.78 is 10.4. The molecule has 2 aromatic rings. The van der Waals surface area contributed by atoms with E-state index in [9.17, 15) is 10.2 Å². The Bertz CT molecular complexity index is 935. The molecule has 0 saturated carbocycles. The van der Waals surface area contributed by atoms with Gasteiger partial charge in [-0.25, -0.2) is 0 Å². The van der Waals surface area contributed by atoms with Gasteiger partial charge in [-0.2, -0.15) is 0 Å². The Kier molecular flexibility index (Phi) is 3.30. The molecule has 2 heterocycles. The maximum atomic E-state index is 10.1. The van der Waals surface area contributed by atoms with Crippen LogP contribution in [0.25, 0.3) is 12.3 Å². The molecule has 0 saturated heterocycles. The number of ether oxygens (including phenoxy) is 2. The van der Waals surface area contributed by atoms with E-state index in [1.165, 1.54) is 5.56 Å². The zero-order chi connectivity index (χ0) is 16.8. The first kappa shape index (κ1) is 14.8. The third-order valence-corrected chi connectivity index (χ3v) is 4.78. The highest BCUT2D eigenvalue weighted by Crippen LogP contribution is 2.38. The van der Waals surface area contributed by atoms with Crippen molar-refractivity contribution in [2.45, 2.75) is 12.5 Å². The second-order valence-corrected chi connectivity index (χ2v) is 6.10. The zero-order valence-corrected chi connectivity index (χ0v) is 13.6. The van der Waals surface area contributed by atoms with Crippen LogP contribution < -0.4 is 19.9 Å². The number of methoxy groups -OCH3 is 2. The number of aromatic hydroxyl groups is 2. The van der Waals surface area contributed by atoms with Crippen LogP contribution in [0.15, 0.2) is 24.3 Å². The van der Waals surface area contributed by atoms with Gasteiger partial charge in [0, 0.05) is 18.0 Å². The standard InChI is InChI=1S/C19H19NO4/c1-23-18-7-11-3-4-20-10-13-8-19(24-2)16(21)6-12(13)5-15(20)14(11)9-17(18)22/h5-10,15,21-22H,3-4H2,1-2H3. The van der Waals surface area contributed by atoms with E-state index < -0.39 is 0 Å². The van der Waals surface area contributed by atoms with Crippen molar-refractivity contribution in [3.05, 3.63) is 45.8 Å². The van der Waals surface area contributed by atoms with E-state index in [4.69, 9.17) is 9.47 Å². The normalized spacial score (nSPS) is 17.8. The molecule has 1 atom stereocenters. The SMILES string of the molecule is COc1cc2c(cc1O)C1C=c3cc(O)c(OC)cc3=CN1CC2. The van der Waals surface area contributed by atoms with Crippen molar-refractivity contribution in [2.24, 2.45) is 0 Å². The molecule has 4 rings (SSSR count). The molecule has 1 unspecified atom stereocenters. The van der Waals surface area contributed by atoms with Crippen LogP contribution in [-0.2, 0) is 6.42 Å². The van der Waals surface area contributed by atoms with E-state index in [-0.39, 0.29) is 17.5 Å². The quantitative estimate of drug-likeness (QED) is 0.870. The van der Waals surface area contributed by atoms with Gasteiger partial charge >= 0.3 is 0 Å². The molecule has 124 valence electrons. The predicted octanol–water partition coefficient (Wildman–Crippen LogP) is 1.25. The van der Waals surface area contributed by atoms with E-state index in [0.29, 0.717) is 11.5 Å². The van der Waals surface area contributed by atoms with Crippen LogP contribution in [-0.4, -0.2) is 35.9 Å². The topological polar surface area (TPSA) is 62.2 Å². The van der Waals surface area contributed by atoms with E-state index in [1.807, 2.05) is 12.1 Å². The van der Waals surface area contributed by atoms with Gasteiger partial charge < -0.3 is 24.6 Å². The summed E-state index contributed by atoms with van der Waals surface area (Å²) in [5.74, 6) is 1.25. The first-order valence-corrected chi connectivity index (χ1v) is 7.87. The van der Waals surface area contributed by atoms with Gasteiger partial charge in [0.15, 0.2) is 23.0 Å². The molecule has 0 spiro atoms. The molecule has 2 aliphatic heterocycles. The number of hydrogen-bond acceptors (Lipinski definition) is 5. The monoisotopic (exact) mass is 325 g/mol. The molecule has 0 bridgehead atoms. The summed E-state index contributed by atoms with van der Waals surface area (Å²) in [6.45, 7) is 0.880. The van der Waals surface area contributed by atoms with Gasteiger partial charge in [0.25, 0.3) is 0 Å². The first-order chi connectivity index (χ1) is 11.6. The summed E-state index contributed by atoms with van der Waals surface area (Å²) in [6.07, 6.45) is 5.09. The lowest BCUT2D eigenvalue weighted by molar-refractivity contribution is 0.339. The molecule has 5 heteroatoms. The highest BCUT2D eigenvalue weighted by molar-refractivity contribution is 5.57. The van der Waals surface area contributed by atoms with Crippen molar-refractivity contribution in [3.63, 3.8) is 0 Å². The highest BCUT2D eigenvalue weighted by Gasteiger charge is 2.27. The number of hydrogen-bond donors (Lipinski definition) is 2. The Hall–Kier alpha value is -2.82. The minimum Gasteiger partial charge on any atom is -0.504 e. The summed E-state index contributed by atoms with van der Waals surface area (Å²) in [7, 11) is 3.10. The van der Waals surface area contributed by atoms with E-state index in [2.05, 4.69) is 17.2 Å². The van der Waals surface area contributed by atoms with Gasteiger partial charge in [-0.05, 0) is 53.1 Å². The van der Waals surface area contributed by atoms with Gasteiger partial charge in [0.1, 0.15) is 0 Å². The molecule has 0 radical (unpaired) electrons. The van der Waals surface area contributed by atoms with Crippen LogP contribution in [0.1, 0.15) is 17.2 Å². The van der Waals surface area contributed by atoms with Crippen LogP contribution in [0.2, 0.25) is 0 Å². The summed E-state index contributed by atoms with van der Waals surface area (Å²) in [6, 6.07) is 7.30. The Morgan fingerprint density at radius 1 is 0.958 bits per heavy atom. The van der Waals surface area contributed by atoms with Crippen molar-refractivity contribution >= 4 is 12.3 Å². The summed E-state index contributed by atoms with van der Waals surface area (Å²) in [5.41, 5.74) is 2.24. The largest absolute Gasteiger partial charge is 0.504 e. The number of phenols is 2. The lowest BCUT2D eigenvalue weighted by atomic mass is 9.90. The van der Waals surface area contributed by atoms with Crippen molar-refractivity contribution < 1.29 is 19.7 Å². The Morgan fingerprint density at radius 2 is 1.67 bits per heavy atom. The molecule has 0 fully saturated rings. The van der Waals surface area contributed by atoms with Gasteiger partial charge in [0.05, 0.1) is 20.3 Å². The minimum atomic E-state index is 0.0332. The molecule has 0 aromatic heterocycles. The van der Waals surface area contributed by atoms with Gasteiger partial charge in [-0.15, -0.1) is 0 Å². The van der Waals surface area contributed by atoms with Crippen molar-refractivity contribution in [2.75, 3.05) is 20.8 Å². The van der Waals surface area contributed by atoms with E-state index >= 15 is 0 Å². The molecular weight excluding hydrogens is 306 g/mol. The fourth-order valence-corrected chi connectivity index (χ4v) is 3.55. The lowest BCUT2D eigenvalue weighted by Crippen LogP contribution is -2.40. The van der Waals surface area contributed by atoms with Crippen LogP contribution in [0.3, 0.4) is 0 Å². The fraction of sp³-hybridized carbons (Fsp3) is 0.263. The minimum absolute atomic E-state index is 0.0332. The molecule has 24 heavy (non-hydrogen) atoms. The number of rotatable bonds is 2. The highest BCUT2D eigenvalue weighted by atomic mass is 16.5. The van der Waals surface area contributed by atoms with Crippen molar-refractivity contribution in [1.82, 2.24) is 4.90 Å². The third-order valence-electron chi connectivity index (χ3n) is 4.78. The molecule has 2 aliphatic rings. The van der Waals surface area contributed by atoms with Gasteiger partial charge in [-0.1, -0.05) is 0 Å². The number of fused-ring (bicyclic) bond motifs is 4. The van der Waals surface area contributed by atoms with Gasteiger partial charge in [0.2, 0.25) is 0 Å². The Balaban J connectivity index is 1.88. The maximum absolute atomic E-state index is 10.1. The zero-order valence-electron chi connectivity index (χ0n) is 13.6. The first-order valence-electron chi connectivity index (χ1n) is 7.87. The Morgan fingerprint density at radius 3 is 2.42 bits per heavy atom. The smallest absolute Gasteiger partial charge is 0.161 e. The second kappa shape index (κ2) is 5.37. The number of nitrogens with zero attached hydrogens (tertiary/aromatic N) is 1. The van der Waals surface area contributed by atoms with Crippen LogP contribution >= 0.6 is 0 Å². The van der Waals surface area contributed by atoms with Gasteiger partial charge in [-0.3, -0.25) is 0 Å².